The Morgan fingerprint density at radius 2 is 1.81 bits per heavy atom. The number of thiazole rings is 1. The molecule has 2 heterocycles. The number of hydrogen-bond acceptors (Lipinski definition) is 5. The van der Waals surface area contributed by atoms with Crippen molar-refractivity contribution >= 4 is 41.3 Å². The third kappa shape index (κ3) is 9.43. The maximum absolute atomic E-state index is 4.45. The molecule has 1 aromatic heterocycles. The number of nitrogens with one attached hydrogen (secondary N) is 2. The standard InChI is InChI=1S/C23H36N6S.HI/c1-3-21-17-26-22(30-21)18-27-23(24-2)25-11-7-8-12-28-13-15-29(16-14-28)19-20-9-5-4-6-10-20;/h4-6,9-10,17H,3,7-8,11-16,18-19H2,1-2H3,(H2,24,25,27);1H. The summed E-state index contributed by atoms with van der Waals surface area (Å²) in [5.41, 5.74) is 1.42. The molecule has 0 unspecified atom stereocenters. The van der Waals surface area contributed by atoms with E-state index in [0.29, 0.717) is 0 Å². The van der Waals surface area contributed by atoms with E-state index in [1.165, 1.54) is 49.6 Å². The molecule has 0 saturated carbocycles. The van der Waals surface area contributed by atoms with Crippen molar-refractivity contribution in [1.82, 2.24) is 25.4 Å². The zero-order valence-corrected chi connectivity index (χ0v) is 22.0. The molecule has 31 heavy (non-hydrogen) atoms. The fourth-order valence-electron chi connectivity index (χ4n) is 3.65. The van der Waals surface area contributed by atoms with E-state index in [4.69, 9.17) is 0 Å². The van der Waals surface area contributed by atoms with Crippen LogP contribution in [-0.4, -0.2) is 67.1 Å². The first-order chi connectivity index (χ1) is 14.8. The molecule has 0 spiro atoms. The molecule has 1 aliphatic rings. The SMILES string of the molecule is CCc1cnc(CNC(=NC)NCCCCN2CCN(Cc3ccccc3)CC2)s1.I. The Hall–Kier alpha value is -1.23. The van der Waals surface area contributed by atoms with Crippen LogP contribution < -0.4 is 10.6 Å². The van der Waals surface area contributed by atoms with Crippen molar-refractivity contribution in [3.8, 4) is 0 Å². The van der Waals surface area contributed by atoms with Gasteiger partial charge in [0.15, 0.2) is 5.96 Å². The number of unbranched alkanes of at least 4 members (excludes halogenated alkanes) is 1. The third-order valence-corrected chi connectivity index (χ3v) is 6.63. The van der Waals surface area contributed by atoms with Crippen molar-refractivity contribution in [3.05, 3.63) is 52.0 Å². The van der Waals surface area contributed by atoms with Crippen molar-refractivity contribution < 1.29 is 0 Å². The average molecular weight is 557 g/mol. The molecular formula is C23H37IN6S. The van der Waals surface area contributed by atoms with E-state index in [-0.39, 0.29) is 24.0 Å². The highest BCUT2D eigenvalue weighted by Gasteiger charge is 2.16. The molecule has 1 aromatic carbocycles. The first-order valence-corrected chi connectivity index (χ1v) is 11.9. The maximum Gasteiger partial charge on any atom is 0.191 e. The van der Waals surface area contributed by atoms with Crippen molar-refractivity contribution in [3.63, 3.8) is 0 Å². The molecule has 8 heteroatoms. The van der Waals surface area contributed by atoms with E-state index >= 15 is 0 Å². The summed E-state index contributed by atoms with van der Waals surface area (Å²) >= 11 is 1.77. The summed E-state index contributed by atoms with van der Waals surface area (Å²) in [6.45, 7) is 10.8. The molecule has 3 rings (SSSR count). The van der Waals surface area contributed by atoms with Gasteiger partial charge in [-0.15, -0.1) is 35.3 Å². The van der Waals surface area contributed by atoms with Gasteiger partial charge in [-0.05, 0) is 31.4 Å². The van der Waals surface area contributed by atoms with Gasteiger partial charge in [-0.25, -0.2) is 4.98 Å². The monoisotopic (exact) mass is 556 g/mol. The Kier molecular flexibility index (Phi) is 12.4. The van der Waals surface area contributed by atoms with Crippen LogP contribution in [0.3, 0.4) is 0 Å². The minimum absolute atomic E-state index is 0. The Morgan fingerprint density at radius 1 is 1.06 bits per heavy atom. The minimum Gasteiger partial charge on any atom is -0.356 e. The molecule has 0 aliphatic carbocycles. The van der Waals surface area contributed by atoms with Crippen molar-refractivity contribution in [2.45, 2.75) is 39.3 Å². The molecule has 172 valence electrons. The highest BCUT2D eigenvalue weighted by atomic mass is 127. The Bertz CT molecular complexity index is 758. The highest BCUT2D eigenvalue weighted by Crippen LogP contribution is 2.12. The first kappa shape index (κ1) is 26.0. The Balaban J connectivity index is 0.00000341. The number of aromatic nitrogens is 1. The van der Waals surface area contributed by atoms with Crippen LogP contribution in [0.4, 0.5) is 0 Å². The smallest absolute Gasteiger partial charge is 0.191 e. The number of piperazine rings is 1. The quantitative estimate of drug-likeness (QED) is 0.203. The van der Waals surface area contributed by atoms with Gasteiger partial charge in [-0.3, -0.25) is 9.89 Å². The highest BCUT2D eigenvalue weighted by molar-refractivity contribution is 14.0. The van der Waals surface area contributed by atoms with Crippen LogP contribution >= 0.6 is 35.3 Å². The van der Waals surface area contributed by atoms with Crippen LogP contribution in [0.1, 0.15) is 35.2 Å². The summed E-state index contributed by atoms with van der Waals surface area (Å²) in [6.07, 6.45) is 5.39. The Labute approximate surface area is 208 Å². The fraction of sp³-hybridized carbons (Fsp3) is 0.565. The molecule has 2 N–H and O–H groups in total. The number of guanidine groups is 1. The molecule has 6 nitrogen and oxygen atoms in total. The van der Waals surface area contributed by atoms with Crippen molar-refractivity contribution in [2.75, 3.05) is 46.3 Å². The number of aryl methyl sites for hydroxylation is 1. The van der Waals surface area contributed by atoms with E-state index in [1.54, 1.807) is 11.3 Å². The Morgan fingerprint density at radius 3 is 2.48 bits per heavy atom. The van der Waals surface area contributed by atoms with Crippen LogP contribution in [0.15, 0.2) is 41.5 Å². The zero-order valence-electron chi connectivity index (χ0n) is 18.8. The van der Waals surface area contributed by atoms with Crippen LogP contribution in [0, 0.1) is 0 Å². The zero-order chi connectivity index (χ0) is 21.0. The van der Waals surface area contributed by atoms with Gasteiger partial charge in [0.25, 0.3) is 0 Å². The molecular weight excluding hydrogens is 519 g/mol. The second-order valence-corrected chi connectivity index (χ2v) is 8.94. The summed E-state index contributed by atoms with van der Waals surface area (Å²) in [4.78, 5) is 15.3. The number of halogens is 1. The second kappa shape index (κ2) is 14.8. The summed E-state index contributed by atoms with van der Waals surface area (Å²) in [7, 11) is 1.82. The van der Waals surface area contributed by atoms with Gasteiger partial charge in [0, 0.05) is 57.4 Å². The molecule has 0 radical (unpaired) electrons. The minimum atomic E-state index is 0. The van der Waals surface area contributed by atoms with Crippen LogP contribution in [0.2, 0.25) is 0 Å². The fourth-order valence-corrected chi connectivity index (χ4v) is 4.46. The number of aliphatic imine (C=N–C) groups is 1. The van der Waals surface area contributed by atoms with Gasteiger partial charge >= 0.3 is 0 Å². The van der Waals surface area contributed by atoms with Crippen LogP contribution in [0.5, 0.6) is 0 Å². The van der Waals surface area contributed by atoms with E-state index in [9.17, 15) is 0 Å². The molecule has 0 bridgehead atoms. The summed E-state index contributed by atoms with van der Waals surface area (Å²) < 4.78 is 0. The molecule has 2 aromatic rings. The second-order valence-electron chi connectivity index (χ2n) is 7.74. The summed E-state index contributed by atoms with van der Waals surface area (Å²) in [6, 6.07) is 10.8. The van der Waals surface area contributed by atoms with E-state index in [1.807, 2.05) is 13.2 Å². The lowest BCUT2D eigenvalue weighted by molar-refractivity contribution is 0.126. The largest absolute Gasteiger partial charge is 0.356 e. The van der Waals surface area contributed by atoms with E-state index in [2.05, 4.69) is 67.7 Å². The van der Waals surface area contributed by atoms with Crippen LogP contribution in [-0.2, 0) is 19.5 Å². The number of hydrogen-bond donors (Lipinski definition) is 2. The van der Waals surface area contributed by atoms with Crippen molar-refractivity contribution in [2.24, 2.45) is 4.99 Å². The molecule has 1 aliphatic heterocycles. The number of benzene rings is 1. The predicted molar refractivity (Wildman–Crippen MR) is 143 cm³/mol. The summed E-state index contributed by atoms with van der Waals surface area (Å²) in [5.74, 6) is 0.859. The number of rotatable bonds is 10. The molecule has 0 amide bonds. The van der Waals surface area contributed by atoms with Gasteiger partial charge < -0.3 is 15.5 Å². The lowest BCUT2D eigenvalue weighted by Crippen LogP contribution is -2.46. The third-order valence-electron chi connectivity index (χ3n) is 5.49. The van der Waals surface area contributed by atoms with E-state index in [0.717, 1.165) is 43.4 Å². The summed E-state index contributed by atoms with van der Waals surface area (Å²) in [5, 5.41) is 7.89. The first-order valence-electron chi connectivity index (χ1n) is 11.1. The van der Waals surface area contributed by atoms with Gasteiger partial charge in [0.1, 0.15) is 5.01 Å². The van der Waals surface area contributed by atoms with Gasteiger partial charge in [-0.1, -0.05) is 37.3 Å². The molecule has 0 atom stereocenters. The maximum atomic E-state index is 4.45. The van der Waals surface area contributed by atoms with E-state index < -0.39 is 0 Å². The normalized spacial score (nSPS) is 15.5. The van der Waals surface area contributed by atoms with Gasteiger partial charge in [0.2, 0.25) is 0 Å². The van der Waals surface area contributed by atoms with Crippen molar-refractivity contribution in [1.29, 1.82) is 0 Å². The van der Waals surface area contributed by atoms with Crippen LogP contribution in [0.25, 0.3) is 0 Å². The van der Waals surface area contributed by atoms with Gasteiger partial charge in [-0.2, -0.15) is 0 Å². The lowest BCUT2D eigenvalue weighted by Gasteiger charge is -2.34. The topological polar surface area (TPSA) is 55.8 Å². The number of nitrogens with zero attached hydrogens (tertiary/aromatic N) is 4. The average Bonchev–Trinajstić information content (AvgIpc) is 3.25. The molecule has 1 fully saturated rings. The molecule has 1 saturated heterocycles. The predicted octanol–water partition coefficient (Wildman–Crippen LogP) is 3.59. The lowest BCUT2D eigenvalue weighted by atomic mass is 10.2. The van der Waals surface area contributed by atoms with Gasteiger partial charge in [0.05, 0.1) is 6.54 Å².